The second-order valence-electron chi connectivity index (χ2n) is 8.32. The van der Waals surface area contributed by atoms with Gasteiger partial charge in [0.2, 0.25) is 5.91 Å². The van der Waals surface area contributed by atoms with Crippen LogP contribution in [0.2, 0.25) is 0 Å². The minimum absolute atomic E-state index is 0.0448. The van der Waals surface area contributed by atoms with E-state index >= 15 is 0 Å². The van der Waals surface area contributed by atoms with Crippen LogP contribution in [0.15, 0.2) is 83.0 Å². The largest absolute Gasteiger partial charge is 0.391 e. The molecule has 1 aliphatic rings. The van der Waals surface area contributed by atoms with Crippen molar-refractivity contribution in [3.63, 3.8) is 0 Å². The summed E-state index contributed by atoms with van der Waals surface area (Å²) in [6, 6.07) is 8.24. The lowest BCUT2D eigenvalue weighted by Gasteiger charge is -2.24. The zero-order chi connectivity index (χ0) is 27.3. The first-order valence-corrected chi connectivity index (χ1v) is 13.3. The highest BCUT2D eigenvalue weighted by Crippen LogP contribution is 2.30. The fourth-order valence-electron chi connectivity index (χ4n) is 3.79. The van der Waals surface area contributed by atoms with Crippen LogP contribution in [0.4, 0.5) is 14.9 Å². The number of aliphatic hydroxyl groups excluding tert-OH is 1. The van der Waals surface area contributed by atoms with Gasteiger partial charge < -0.3 is 21.1 Å². The summed E-state index contributed by atoms with van der Waals surface area (Å²) in [7, 11) is -3.56. The predicted octanol–water partition coefficient (Wildman–Crippen LogP) is 3.09. The Morgan fingerprint density at radius 3 is 2.59 bits per heavy atom. The Morgan fingerprint density at radius 1 is 1.24 bits per heavy atom. The van der Waals surface area contributed by atoms with Crippen molar-refractivity contribution in [2.75, 3.05) is 18.1 Å². The van der Waals surface area contributed by atoms with Crippen molar-refractivity contribution in [3.05, 3.63) is 83.9 Å². The van der Waals surface area contributed by atoms with E-state index < -0.39 is 39.7 Å². The number of β-amino-alcohol motifs (C(OH)–C–C–N with tert-alkyl or cyclic N) is 1. The quantitative estimate of drug-likeness (QED) is 0.392. The van der Waals surface area contributed by atoms with Crippen molar-refractivity contribution in [1.82, 2.24) is 10.2 Å². The second kappa shape index (κ2) is 11.6. The number of amides is 3. The average molecular weight is 549 g/mol. The predicted molar refractivity (Wildman–Crippen MR) is 140 cm³/mol. The SMILES string of the molecule is C=C/C(Cl)=C\C=C(/N)NC(=O)N1C[C@H](O)C[C@@H]1C(=O)Nc1ccc(-c2ccccc2S(C)(=O)=O)cc1F. The van der Waals surface area contributed by atoms with Gasteiger partial charge in [-0.1, -0.05) is 48.5 Å². The van der Waals surface area contributed by atoms with Crippen LogP contribution in [0.3, 0.4) is 0 Å². The van der Waals surface area contributed by atoms with E-state index in [2.05, 4.69) is 17.2 Å². The van der Waals surface area contributed by atoms with Crippen molar-refractivity contribution in [2.24, 2.45) is 5.73 Å². The molecule has 2 aromatic rings. The Bertz CT molecular complexity index is 1390. The number of anilines is 1. The molecule has 0 unspecified atom stereocenters. The molecule has 0 aromatic heterocycles. The third-order valence-electron chi connectivity index (χ3n) is 5.54. The number of hydrogen-bond acceptors (Lipinski definition) is 6. The van der Waals surface area contributed by atoms with Gasteiger partial charge in [-0.2, -0.15) is 0 Å². The molecule has 196 valence electrons. The lowest BCUT2D eigenvalue weighted by Crippen LogP contribution is -2.48. The van der Waals surface area contributed by atoms with Crippen LogP contribution in [0.25, 0.3) is 11.1 Å². The molecule has 0 saturated carbocycles. The van der Waals surface area contributed by atoms with Gasteiger partial charge in [-0.25, -0.2) is 17.6 Å². The molecule has 3 rings (SSSR count). The number of allylic oxidation sites excluding steroid dienone is 4. The van der Waals surface area contributed by atoms with Crippen LogP contribution in [0, 0.1) is 5.82 Å². The Labute approximate surface area is 219 Å². The number of carbonyl (C=O) groups is 2. The third kappa shape index (κ3) is 6.97. The molecule has 12 heteroatoms. The highest BCUT2D eigenvalue weighted by Gasteiger charge is 2.39. The van der Waals surface area contributed by atoms with Crippen LogP contribution in [0.5, 0.6) is 0 Å². The lowest BCUT2D eigenvalue weighted by molar-refractivity contribution is -0.119. The molecule has 9 nitrogen and oxygen atoms in total. The van der Waals surface area contributed by atoms with Crippen molar-refractivity contribution >= 4 is 39.1 Å². The van der Waals surface area contributed by atoms with Crippen LogP contribution >= 0.6 is 11.6 Å². The number of halogens is 2. The molecule has 0 radical (unpaired) electrons. The molecule has 5 N–H and O–H groups in total. The molecule has 0 bridgehead atoms. The molecule has 0 spiro atoms. The van der Waals surface area contributed by atoms with Gasteiger partial charge in [0.15, 0.2) is 9.84 Å². The fourth-order valence-corrected chi connectivity index (χ4v) is 4.76. The van der Waals surface area contributed by atoms with Crippen molar-refractivity contribution in [2.45, 2.75) is 23.5 Å². The van der Waals surface area contributed by atoms with Crippen LogP contribution in [0.1, 0.15) is 6.42 Å². The maximum atomic E-state index is 14.9. The number of hydrogen-bond donors (Lipinski definition) is 4. The Balaban J connectivity index is 1.77. The van der Waals surface area contributed by atoms with Crippen molar-refractivity contribution in [3.8, 4) is 11.1 Å². The van der Waals surface area contributed by atoms with Gasteiger partial charge in [0.1, 0.15) is 17.7 Å². The molecule has 3 amide bonds. The van der Waals surface area contributed by atoms with E-state index in [4.69, 9.17) is 17.3 Å². The van der Waals surface area contributed by atoms with Gasteiger partial charge in [0.05, 0.1) is 16.7 Å². The van der Waals surface area contributed by atoms with Gasteiger partial charge in [0, 0.05) is 29.8 Å². The van der Waals surface area contributed by atoms with Gasteiger partial charge >= 0.3 is 6.03 Å². The van der Waals surface area contributed by atoms with E-state index in [1.54, 1.807) is 18.2 Å². The molecule has 1 saturated heterocycles. The summed E-state index contributed by atoms with van der Waals surface area (Å²) in [4.78, 5) is 26.7. The topological polar surface area (TPSA) is 142 Å². The fraction of sp³-hybridized carbons (Fsp3) is 0.200. The number of rotatable bonds is 7. The molecule has 2 aromatic carbocycles. The molecular weight excluding hydrogens is 523 g/mol. The number of carbonyl (C=O) groups excluding carboxylic acids is 2. The maximum Gasteiger partial charge on any atom is 0.323 e. The molecule has 0 aliphatic carbocycles. The number of urea groups is 1. The number of benzene rings is 2. The number of aliphatic hydroxyl groups is 1. The molecule has 37 heavy (non-hydrogen) atoms. The first-order chi connectivity index (χ1) is 17.4. The van der Waals surface area contributed by atoms with E-state index in [0.717, 1.165) is 17.2 Å². The summed E-state index contributed by atoms with van der Waals surface area (Å²) in [5.41, 5.74) is 6.21. The van der Waals surface area contributed by atoms with E-state index in [1.807, 2.05) is 0 Å². The summed E-state index contributed by atoms with van der Waals surface area (Å²) in [5, 5.41) is 15.2. The van der Waals surface area contributed by atoms with Crippen LogP contribution in [-0.2, 0) is 14.6 Å². The summed E-state index contributed by atoms with van der Waals surface area (Å²) < 4.78 is 39.1. The number of nitrogens with zero attached hydrogens (tertiary/aromatic N) is 1. The summed E-state index contributed by atoms with van der Waals surface area (Å²) >= 11 is 5.80. The minimum atomic E-state index is -3.56. The van der Waals surface area contributed by atoms with Crippen molar-refractivity contribution < 1.29 is 27.5 Å². The molecule has 1 fully saturated rings. The van der Waals surface area contributed by atoms with E-state index in [-0.39, 0.29) is 29.4 Å². The smallest absolute Gasteiger partial charge is 0.323 e. The number of nitrogens with two attached hydrogens (primary N) is 1. The summed E-state index contributed by atoms with van der Waals surface area (Å²) in [5.74, 6) is -1.57. The summed E-state index contributed by atoms with van der Waals surface area (Å²) in [6.45, 7) is 3.35. The number of likely N-dealkylation sites (tertiary alicyclic amines) is 1. The average Bonchev–Trinajstić information content (AvgIpc) is 3.25. The number of nitrogens with one attached hydrogen (secondary N) is 2. The van der Waals surface area contributed by atoms with Gasteiger partial charge in [-0.05, 0) is 35.9 Å². The van der Waals surface area contributed by atoms with Crippen molar-refractivity contribution in [1.29, 1.82) is 0 Å². The first-order valence-electron chi connectivity index (χ1n) is 11.0. The van der Waals surface area contributed by atoms with Gasteiger partial charge in [0.25, 0.3) is 0 Å². The Kier molecular flexibility index (Phi) is 8.74. The van der Waals surface area contributed by atoms with Crippen LogP contribution in [-0.4, -0.2) is 55.3 Å². The maximum absolute atomic E-state index is 14.9. The normalized spacial score (nSPS) is 18.4. The highest BCUT2D eigenvalue weighted by atomic mass is 35.5. The standard InChI is InChI=1S/C25H26ClFN4O5S/c1-3-16(26)9-11-23(28)30-25(34)31-14-17(32)13-21(31)24(33)29-20-10-8-15(12-19(20)27)18-6-4-5-7-22(18)37(2,35)36/h3-12,17,21,32H,1,13-14,28H2,2H3,(H,29,33)(H,30,34)/b16-9+,23-11+/t17-,21-/m1/s1. The van der Waals surface area contributed by atoms with E-state index in [9.17, 15) is 27.5 Å². The molecule has 2 atom stereocenters. The summed E-state index contributed by atoms with van der Waals surface area (Å²) in [6.07, 6.45) is 4.15. The Morgan fingerprint density at radius 2 is 1.95 bits per heavy atom. The lowest BCUT2D eigenvalue weighted by atomic mass is 10.0. The zero-order valence-electron chi connectivity index (χ0n) is 19.8. The van der Waals surface area contributed by atoms with Gasteiger partial charge in [-0.15, -0.1) is 0 Å². The first kappa shape index (κ1) is 27.9. The van der Waals surface area contributed by atoms with E-state index in [1.165, 1.54) is 36.4 Å². The molecule has 1 aliphatic heterocycles. The third-order valence-corrected chi connectivity index (χ3v) is 6.97. The van der Waals surface area contributed by atoms with Gasteiger partial charge in [-0.3, -0.25) is 10.1 Å². The highest BCUT2D eigenvalue weighted by molar-refractivity contribution is 7.90. The molecular formula is C25H26ClFN4O5S. The van der Waals surface area contributed by atoms with Crippen LogP contribution < -0.4 is 16.4 Å². The Hall–Kier alpha value is -3.67. The number of sulfone groups is 1. The minimum Gasteiger partial charge on any atom is -0.391 e. The molecule has 1 heterocycles. The van der Waals surface area contributed by atoms with E-state index in [0.29, 0.717) is 16.2 Å². The monoisotopic (exact) mass is 548 g/mol. The zero-order valence-corrected chi connectivity index (χ0v) is 21.4. The second-order valence-corrected chi connectivity index (χ2v) is 10.7.